The molecular weight excluding hydrogens is 496 g/mol. The lowest BCUT2D eigenvalue weighted by molar-refractivity contribution is -0.135. The Bertz CT molecular complexity index is 1160. The lowest BCUT2D eigenvalue weighted by Crippen LogP contribution is -2.39. The Labute approximate surface area is 232 Å². The van der Waals surface area contributed by atoms with Crippen LogP contribution in [0.4, 0.5) is 11.4 Å². The molecule has 1 atom stereocenters. The van der Waals surface area contributed by atoms with Crippen LogP contribution in [-0.4, -0.2) is 47.9 Å². The second kappa shape index (κ2) is 14.7. The first-order valence-corrected chi connectivity index (χ1v) is 13.7. The maximum absolute atomic E-state index is 13.1. The largest absolute Gasteiger partial charge is 0.363 e. The number of pyridine rings is 1. The number of aromatic nitrogens is 1. The number of aryl methyl sites for hydroxylation is 2. The fourth-order valence-electron chi connectivity index (χ4n) is 4.68. The topological polar surface area (TPSA) is 81.7 Å². The molecule has 3 heterocycles. The van der Waals surface area contributed by atoms with E-state index >= 15 is 0 Å². The van der Waals surface area contributed by atoms with Gasteiger partial charge in [-0.05, 0) is 94.4 Å². The number of carbonyl (C=O) groups excluding carboxylic acids is 1. The number of piperidine rings is 1. The number of rotatable bonds is 4. The number of fused-ring (bicyclic) bond motifs is 4. The number of hydrogen-bond acceptors (Lipinski definition) is 6. The van der Waals surface area contributed by atoms with E-state index in [4.69, 9.17) is 16.6 Å². The maximum atomic E-state index is 13.1. The molecule has 0 radical (unpaired) electrons. The standard InChI is InChI=1S/C27H35ClN6O.C3H6/c1-4-25(28)26-32-18(2)31-24-13-19(15-30-16-24)5-6-21-14-23(33-26)8-7-22(21)17-34(3)27(35)20-9-11-29-12-10-20;1-3-2/h4,7-8,13-16,18,20,29,31H,5-6,9-12,17H2,1-3H3,(H,32,33);3H,1H2,2H3/b25-4+;. The number of amidine groups is 1. The molecule has 38 heavy (non-hydrogen) atoms. The Balaban J connectivity index is 0.00000127. The molecule has 1 saturated heterocycles. The highest BCUT2D eigenvalue weighted by Crippen LogP contribution is 2.24. The molecule has 1 amide bonds. The minimum absolute atomic E-state index is 0.109. The SMILES string of the molecule is C/C=C(Cl)\C1=N/C(C)Nc2cncc(c2)CCc2cc(ccc2CN(C)C(=O)C2CCNCC2)N1.C=CC. The number of allylic oxidation sites excluding steroid dienone is 2. The van der Waals surface area contributed by atoms with Crippen molar-refractivity contribution in [1.82, 2.24) is 15.2 Å². The second-order valence-corrected chi connectivity index (χ2v) is 10.2. The van der Waals surface area contributed by atoms with E-state index in [-0.39, 0.29) is 18.0 Å². The monoisotopic (exact) mass is 536 g/mol. The highest BCUT2D eigenvalue weighted by molar-refractivity contribution is 6.44. The van der Waals surface area contributed by atoms with Crippen molar-refractivity contribution in [2.24, 2.45) is 10.9 Å². The Morgan fingerprint density at radius 1 is 1.16 bits per heavy atom. The number of nitrogens with zero attached hydrogens (tertiary/aromatic N) is 3. The number of aliphatic imine (C=N–C) groups is 1. The second-order valence-electron chi connectivity index (χ2n) is 9.75. The van der Waals surface area contributed by atoms with Crippen LogP contribution in [0.25, 0.3) is 0 Å². The summed E-state index contributed by atoms with van der Waals surface area (Å²) in [6, 6.07) is 8.43. The van der Waals surface area contributed by atoms with Gasteiger partial charge in [0, 0.05) is 31.4 Å². The van der Waals surface area contributed by atoms with Gasteiger partial charge in [0.25, 0.3) is 0 Å². The molecule has 2 aromatic rings. The summed E-state index contributed by atoms with van der Waals surface area (Å²) in [6.07, 6.45) is 10.6. The van der Waals surface area contributed by atoms with Gasteiger partial charge in [-0.1, -0.05) is 29.8 Å². The van der Waals surface area contributed by atoms with Crippen LogP contribution in [0.3, 0.4) is 0 Å². The van der Waals surface area contributed by atoms with E-state index in [1.165, 1.54) is 5.56 Å². The molecule has 1 aromatic carbocycles. The molecule has 2 aliphatic heterocycles. The number of amides is 1. The smallest absolute Gasteiger partial charge is 0.225 e. The zero-order valence-corrected chi connectivity index (χ0v) is 23.8. The summed E-state index contributed by atoms with van der Waals surface area (Å²) in [6.45, 7) is 11.5. The predicted molar refractivity (Wildman–Crippen MR) is 160 cm³/mol. The van der Waals surface area contributed by atoms with E-state index < -0.39 is 0 Å². The van der Waals surface area contributed by atoms with Gasteiger partial charge in [-0.15, -0.1) is 6.58 Å². The van der Waals surface area contributed by atoms with E-state index in [1.807, 2.05) is 57.3 Å². The summed E-state index contributed by atoms with van der Waals surface area (Å²) in [5, 5.41) is 10.7. The molecule has 4 rings (SSSR count). The van der Waals surface area contributed by atoms with Crippen LogP contribution in [0.2, 0.25) is 0 Å². The Morgan fingerprint density at radius 2 is 1.89 bits per heavy atom. The highest BCUT2D eigenvalue weighted by Gasteiger charge is 2.24. The van der Waals surface area contributed by atoms with Crippen LogP contribution >= 0.6 is 11.6 Å². The minimum Gasteiger partial charge on any atom is -0.363 e. The van der Waals surface area contributed by atoms with Crippen LogP contribution in [0, 0.1) is 5.92 Å². The Kier molecular flexibility index (Phi) is 11.4. The number of nitrogens with one attached hydrogen (secondary N) is 3. The van der Waals surface area contributed by atoms with Gasteiger partial charge < -0.3 is 20.9 Å². The lowest BCUT2D eigenvalue weighted by atomic mass is 9.95. The summed E-state index contributed by atoms with van der Waals surface area (Å²) >= 11 is 6.50. The third-order valence-electron chi connectivity index (χ3n) is 6.60. The van der Waals surface area contributed by atoms with E-state index in [2.05, 4.69) is 45.7 Å². The first-order valence-electron chi connectivity index (χ1n) is 13.4. The van der Waals surface area contributed by atoms with Gasteiger partial charge in [-0.3, -0.25) is 9.78 Å². The fraction of sp³-hybridized carbons (Fsp3) is 0.433. The zero-order chi connectivity index (χ0) is 27.5. The number of halogens is 1. The first-order chi connectivity index (χ1) is 18.3. The normalized spacial score (nSPS) is 19.4. The highest BCUT2D eigenvalue weighted by atomic mass is 35.5. The number of benzene rings is 1. The predicted octanol–water partition coefficient (Wildman–Crippen LogP) is 5.74. The van der Waals surface area contributed by atoms with Gasteiger partial charge in [0.05, 0.1) is 16.9 Å². The van der Waals surface area contributed by atoms with Gasteiger partial charge in [-0.25, -0.2) is 4.99 Å². The number of hydrogen-bond donors (Lipinski definition) is 3. The van der Waals surface area contributed by atoms with Crippen LogP contribution in [0.5, 0.6) is 0 Å². The average molecular weight is 537 g/mol. The third-order valence-corrected chi connectivity index (χ3v) is 6.99. The molecule has 2 aliphatic rings. The van der Waals surface area contributed by atoms with Crippen molar-refractivity contribution in [3.63, 3.8) is 0 Å². The summed E-state index contributed by atoms with van der Waals surface area (Å²) in [7, 11) is 1.92. The molecule has 0 aliphatic carbocycles. The first kappa shape index (κ1) is 29.4. The molecule has 204 valence electrons. The van der Waals surface area contributed by atoms with Crippen molar-refractivity contribution in [3.05, 3.63) is 77.1 Å². The summed E-state index contributed by atoms with van der Waals surface area (Å²) < 4.78 is 0. The molecule has 1 unspecified atom stereocenters. The van der Waals surface area contributed by atoms with Gasteiger partial charge in [0.2, 0.25) is 5.91 Å². The van der Waals surface area contributed by atoms with E-state index in [0.717, 1.165) is 61.3 Å². The Morgan fingerprint density at radius 3 is 2.61 bits per heavy atom. The van der Waals surface area contributed by atoms with E-state index in [1.54, 1.807) is 6.08 Å². The third kappa shape index (κ3) is 8.43. The minimum atomic E-state index is -0.197. The molecule has 4 bridgehead atoms. The molecule has 0 spiro atoms. The van der Waals surface area contributed by atoms with Crippen molar-refractivity contribution in [2.45, 2.75) is 59.2 Å². The quantitative estimate of drug-likeness (QED) is 0.434. The van der Waals surface area contributed by atoms with Crippen LogP contribution in [0.1, 0.15) is 50.3 Å². The van der Waals surface area contributed by atoms with Crippen molar-refractivity contribution >= 4 is 34.7 Å². The molecule has 8 heteroatoms. The number of carbonyl (C=O) groups is 1. The maximum Gasteiger partial charge on any atom is 0.225 e. The zero-order valence-electron chi connectivity index (χ0n) is 23.1. The molecule has 3 N–H and O–H groups in total. The lowest BCUT2D eigenvalue weighted by Gasteiger charge is -2.27. The molecule has 1 aromatic heterocycles. The summed E-state index contributed by atoms with van der Waals surface area (Å²) in [5.74, 6) is 0.948. The summed E-state index contributed by atoms with van der Waals surface area (Å²) in [4.78, 5) is 24.1. The van der Waals surface area contributed by atoms with Crippen LogP contribution < -0.4 is 16.0 Å². The fourth-order valence-corrected chi connectivity index (χ4v) is 4.78. The summed E-state index contributed by atoms with van der Waals surface area (Å²) in [5.41, 5.74) is 5.35. The average Bonchev–Trinajstić information content (AvgIpc) is 2.92. The van der Waals surface area contributed by atoms with Gasteiger partial charge in [0.1, 0.15) is 12.0 Å². The van der Waals surface area contributed by atoms with Crippen molar-refractivity contribution in [2.75, 3.05) is 30.8 Å². The van der Waals surface area contributed by atoms with Crippen molar-refractivity contribution in [1.29, 1.82) is 0 Å². The Hall–Kier alpha value is -3.16. The van der Waals surface area contributed by atoms with Gasteiger partial charge in [0.15, 0.2) is 0 Å². The van der Waals surface area contributed by atoms with Gasteiger partial charge >= 0.3 is 0 Å². The molecule has 7 nitrogen and oxygen atoms in total. The number of anilines is 2. The van der Waals surface area contributed by atoms with Crippen LogP contribution in [0.15, 0.2) is 65.4 Å². The molecular formula is C30H41ClN6O. The van der Waals surface area contributed by atoms with Crippen molar-refractivity contribution < 1.29 is 4.79 Å². The van der Waals surface area contributed by atoms with E-state index in [0.29, 0.717) is 17.4 Å². The van der Waals surface area contributed by atoms with Crippen molar-refractivity contribution in [3.8, 4) is 0 Å². The van der Waals surface area contributed by atoms with Gasteiger partial charge in [-0.2, -0.15) is 0 Å². The molecule has 1 fully saturated rings. The van der Waals surface area contributed by atoms with E-state index in [9.17, 15) is 4.79 Å². The van der Waals surface area contributed by atoms with Crippen LogP contribution in [-0.2, 0) is 24.2 Å². The molecule has 0 saturated carbocycles.